The van der Waals surface area contributed by atoms with Crippen molar-refractivity contribution in [3.05, 3.63) is 63.6 Å². The van der Waals surface area contributed by atoms with Crippen LogP contribution in [0.15, 0.2) is 42.5 Å². The molecule has 2 atom stereocenters. The topological polar surface area (TPSA) is 58.6 Å². The van der Waals surface area contributed by atoms with Crippen molar-refractivity contribution in [2.75, 3.05) is 12.9 Å². The maximum atomic E-state index is 13.2. The molecule has 0 fully saturated rings. The van der Waals surface area contributed by atoms with Gasteiger partial charge in [0, 0.05) is 33.9 Å². The maximum Gasteiger partial charge on any atom is 0.242 e. The average molecular weight is 497 g/mol. The van der Waals surface area contributed by atoms with Gasteiger partial charge in [0.25, 0.3) is 0 Å². The van der Waals surface area contributed by atoms with Crippen LogP contribution in [-0.4, -0.2) is 41.7 Å². The van der Waals surface area contributed by atoms with Gasteiger partial charge in [-0.05, 0) is 50.1 Å². The van der Waals surface area contributed by atoms with Crippen molar-refractivity contribution in [2.45, 2.75) is 51.6 Å². The lowest BCUT2D eigenvalue weighted by Gasteiger charge is -2.30. The van der Waals surface area contributed by atoms with E-state index in [1.54, 1.807) is 37.1 Å². The van der Waals surface area contributed by atoms with Gasteiger partial charge in [-0.1, -0.05) is 48.3 Å². The lowest BCUT2D eigenvalue weighted by Crippen LogP contribution is -2.50. The molecule has 0 aromatic heterocycles. The Bertz CT molecular complexity index is 888. The molecule has 174 valence electrons. The first-order valence-corrected chi connectivity index (χ1v) is 12.4. The van der Waals surface area contributed by atoms with Crippen LogP contribution in [0.4, 0.5) is 0 Å². The van der Waals surface area contributed by atoms with Gasteiger partial charge in [0.2, 0.25) is 11.8 Å². The number of halogens is 2. The molecule has 2 aromatic rings. The van der Waals surface area contributed by atoms with E-state index < -0.39 is 6.04 Å². The number of rotatable bonds is 11. The summed E-state index contributed by atoms with van der Waals surface area (Å²) in [5, 5.41) is 3.89. The Balaban J connectivity index is 2.12. The third kappa shape index (κ3) is 7.61. The molecule has 0 radical (unpaired) electrons. The molecule has 32 heavy (non-hydrogen) atoms. The van der Waals surface area contributed by atoms with Gasteiger partial charge in [0.05, 0.1) is 12.9 Å². The van der Waals surface area contributed by atoms with E-state index in [1.165, 1.54) is 11.8 Å². The molecule has 1 N–H and O–H groups in total. The highest BCUT2D eigenvalue weighted by atomic mass is 35.5. The number of ether oxygens (including phenoxy) is 1. The molecule has 0 aliphatic carbocycles. The summed E-state index contributed by atoms with van der Waals surface area (Å²) in [5.41, 5.74) is 1.72. The number of hydrogen-bond acceptors (Lipinski definition) is 4. The highest BCUT2D eigenvalue weighted by Gasteiger charge is 2.27. The molecule has 2 unspecified atom stereocenters. The summed E-state index contributed by atoms with van der Waals surface area (Å²) in [5.74, 6) is 1.35. The van der Waals surface area contributed by atoms with E-state index in [1.807, 2.05) is 38.1 Å². The van der Waals surface area contributed by atoms with Gasteiger partial charge in [-0.3, -0.25) is 9.59 Å². The number of hydrogen-bond donors (Lipinski definition) is 1. The number of thioether (sulfide) groups is 1. The van der Waals surface area contributed by atoms with E-state index in [0.717, 1.165) is 17.7 Å². The van der Waals surface area contributed by atoms with E-state index in [2.05, 4.69) is 5.32 Å². The lowest BCUT2D eigenvalue weighted by atomic mass is 10.1. The first-order valence-electron chi connectivity index (χ1n) is 10.5. The summed E-state index contributed by atoms with van der Waals surface area (Å²) in [6.07, 6.45) is 0.806. The van der Waals surface area contributed by atoms with Crippen LogP contribution in [0.5, 0.6) is 5.75 Å². The van der Waals surface area contributed by atoms with Gasteiger partial charge >= 0.3 is 0 Å². The Morgan fingerprint density at radius 2 is 1.72 bits per heavy atom. The molecule has 5 nitrogen and oxygen atoms in total. The zero-order valence-electron chi connectivity index (χ0n) is 18.9. The van der Waals surface area contributed by atoms with Gasteiger partial charge in [-0.25, -0.2) is 0 Å². The molecule has 0 bridgehead atoms. The van der Waals surface area contributed by atoms with Crippen molar-refractivity contribution in [3.63, 3.8) is 0 Å². The van der Waals surface area contributed by atoms with Crippen LogP contribution in [0.3, 0.4) is 0 Å². The third-order valence-electron chi connectivity index (χ3n) is 5.21. The van der Waals surface area contributed by atoms with Gasteiger partial charge in [-0.15, -0.1) is 11.8 Å². The molecule has 0 aliphatic rings. The van der Waals surface area contributed by atoms with Crippen molar-refractivity contribution in [1.29, 1.82) is 0 Å². The maximum absolute atomic E-state index is 13.2. The fourth-order valence-electron chi connectivity index (χ4n) is 2.96. The zero-order chi connectivity index (χ0) is 23.7. The molecule has 2 rings (SSSR count). The Morgan fingerprint density at radius 1 is 1.09 bits per heavy atom. The zero-order valence-corrected chi connectivity index (χ0v) is 21.2. The first kappa shape index (κ1) is 26.4. The molecule has 0 heterocycles. The summed E-state index contributed by atoms with van der Waals surface area (Å²) in [6.45, 7) is 5.83. The van der Waals surface area contributed by atoms with E-state index in [-0.39, 0.29) is 30.2 Å². The normalized spacial score (nSPS) is 12.7. The summed E-state index contributed by atoms with van der Waals surface area (Å²) in [7, 11) is 1.63. The predicted octanol–water partition coefficient (Wildman–Crippen LogP) is 5.57. The fraction of sp³-hybridized carbons (Fsp3) is 0.417. The SMILES string of the molecule is CCC(C)NC(=O)C(C)N(Cc1c(Cl)cccc1Cl)C(=O)CSCc1ccc(OC)cc1. The number of benzene rings is 2. The van der Waals surface area contributed by atoms with Crippen LogP contribution in [0.1, 0.15) is 38.3 Å². The van der Waals surface area contributed by atoms with Crippen molar-refractivity contribution in [3.8, 4) is 5.75 Å². The second-order valence-electron chi connectivity index (χ2n) is 7.56. The fourth-order valence-corrected chi connectivity index (χ4v) is 4.35. The molecule has 2 aromatic carbocycles. The minimum Gasteiger partial charge on any atom is -0.497 e. The molecule has 0 spiro atoms. The summed E-state index contributed by atoms with van der Waals surface area (Å²) < 4.78 is 5.18. The Kier molecular flexibility index (Phi) is 10.7. The predicted molar refractivity (Wildman–Crippen MR) is 134 cm³/mol. The minimum atomic E-state index is -0.662. The van der Waals surface area contributed by atoms with Crippen LogP contribution >= 0.6 is 35.0 Å². The summed E-state index contributed by atoms with van der Waals surface area (Å²) in [6, 6.07) is 12.3. The van der Waals surface area contributed by atoms with Crippen molar-refractivity contribution >= 4 is 46.8 Å². The summed E-state index contributed by atoms with van der Waals surface area (Å²) in [4.78, 5) is 27.5. The molecular formula is C24H30Cl2N2O3S. The van der Waals surface area contributed by atoms with Crippen LogP contribution in [0.25, 0.3) is 0 Å². The molecule has 0 aliphatic heterocycles. The number of amides is 2. The second kappa shape index (κ2) is 13.0. The Morgan fingerprint density at radius 3 is 2.28 bits per heavy atom. The van der Waals surface area contributed by atoms with E-state index in [0.29, 0.717) is 21.4 Å². The number of nitrogens with one attached hydrogen (secondary N) is 1. The van der Waals surface area contributed by atoms with Gasteiger partial charge < -0.3 is 15.0 Å². The minimum absolute atomic E-state index is 0.0234. The quantitative estimate of drug-likeness (QED) is 0.441. The van der Waals surface area contributed by atoms with Gasteiger partial charge in [0.15, 0.2) is 0 Å². The number of methoxy groups -OCH3 is 1. The summed E-state index contributed by atoms with van der Waals surface area (Å²) >= 11 is 14.2. The molecule has 8 heteroatoms. The van der Waals surface area contributed by atoms with E-state index >= 15 is 0 Å². The standard InChI is InChI=1S/C24H30Cl2N2O3S/c1-5-16(2)27-24(30)17(3)28(13-20-21(25)7-6-8-22(20)26)23(29)15-32-14-18-9-11-19(31-4)12-10-18/h6-12,16-17H,5,13-15H2,1-4H3,(H,27,30). The highest BCUT2D eigenvalue weighted by Crippen LogP contribution is 2.27. The largest absolute Gasteiger partial charge is 0.497 e. The number of carbonyl (C=O) groups excluding carboxylic acids is 2. The molecule has 2 amide bonds. The first-order chi connectivity index (χ1) is 15.3. The van der Waals surface area contributed by atoms with Gasteiger partial charge in [-0.2, -0.15) is 0 Å². The highest BCUT2D eigenvalue weighted by molar-refractivity contribution is 7.99. The van der Waals surface area contributed by atoms with Crippen molar-refractivity contribution < 1.29 is 14.3 Å². The lowest BCUT2D eigenvalue weighted by molar-refractivity contribution is -0.138. The average Bonchev–Trinajstić information content (AvgIpc) is 2.78. The van der Waals surface area contributed by atoms with E-state index in [9.17, 15) is 9.59 Å². The number of carbonyl (C=O) groups is 2. The molecular weight excluding hydrogens is 467 g/mol. The van der Waals surface area contributed by atoms with E-state index in [4.69, 9.17) is 27.9 Å². The monoisotopic (exact) mass is 496 g/mol. The molecule has 0 saturated heterocycles. The number of nitrogens with zero attached hydrogens (tertiary/aromatic N) is 1. The third-order valence-corrected chi connectivity index (χ3v) is 6.91. The Labute approximate surface area is 204 Å². The van der Waals surface area contributed by atoms with Crippen LogP contribution in [0, 0.1) is 0 Å². The smallest absolute Gasteiger partial charge is 0.242 e. The van der Waals surface area contributed by atoms with Crippen LogP contribution in [0.2, 0.25) is 10.0 Å². The van der Waals surface area contributed by atoms with Crippen molar-refractivity contribution in [1.82, 2.24) is 10.2 Å². The van der Waals surface area contributed by atoms with Crippen LogP contribution < -0.4 is 10.1 Å². The van der Waals surface area contributed by atoms with Gasteiger partial charge in [0.1, 0.15) is 11.8 Å². The second-order valence-corrected chi connectivity index (χ2v) is 9.36. The van der Waals surface area contributed by atoms with Crippen molar-refractivity contribution in [2.24, 2.45) is 0 Å². The van der Waals surface area contributed by atoms with Crippen LogP contribution in [-0.2, 0) is 21.9 Å². The molecule has 0 saturated carbocycles. The Hall–Kier alpha value is -1.89.